The molecule has 1 atom stereocenters. The van der Waals surface area contributed by atoms with Crippen molar-refractivity contribution in [1.29, 1.82) is 0 Å². The molecule has 0 aromatic carbocycles. The number of hydrogen-bond acceptors (Lipinski definition) is 6. The Morgan fingerprint density at radius 1 is 1.12 bits per heavy atom. The molecule has 0 fully saturated rings. The zero-order valence-corrected chi connectivity index (χ0v) is 9.51. The van der Waals surface area contributed by atoms with E-state index in [1.54, 1.807) is 6.92 Å². The summed E-state index contributed by atoms with van der Waals surface area (Å²) < 4.78 is 13.9. The van der Waals surface area contributed by atoms with Crippen molar-refractivity contribution in [2.24, 2.45) is 0 Å². The van der Waals surface area contributed by atoms with Crippen molar-refractivity contribution in [3.05, 3.63) is 25.3 Å². The zero-order valence-electron chi connectivity index (χ0n) is 9.51. The van der Waals surface area contributed by atoms with Crippen LogP contribution in [0, 0.1) is 0 Å². The van der Waals surface area contributed by atoms with Gasteiger partial charge in [-0.2, -0.15) is 0 Å². The zero-order chi connectivity index (χ0) is 13.3. The second kappa shape index (κ2) is 8.09. The highest BCUT2D eigenvalue weighted by molar-refractivity contribution is 5.86. The van der Waals surface area contributed by atoms with Gasteiger partial charge < -0.3 is 14.2 Å². The number of hydrogen-bond donors (Lipinski definition) is 0. The molecule has 0 amide bonds. The van der Waals surface area contributed by atoms with Crippen LogP contribution in [0.5, 0.6) is 0 Å². The second-order valence-corrected chi connectivity index (χ2v) is 2.72. The molecule has 0 heterocycles. The standard InChI is InChI=1S/C11H14O6/c1-4-9(12)16-7-8(11(14)15-6-3)17-10(13)5-2/h4-5,8H,1-2,6-7H2,3H3. The van der Waals surface area contributed by atoms with Crippen LogP contribution in [0.15, 0.2) is 25.3 Å². The van der Waals surface area contributed by atoms with Crippen LogP contribution in [-0.2, 0) is 28.6 Å². The maximum Gasteiger partial charge on any atom is 0.351 e. The lowest BCUT2D eigenvalue weighted by Gasteiger charge is -2.14. The summed E-state index contributed by atoms with van der Waals surface area (Å²) >= 11 is 0. The van der Waals surface area contributed by atoms with E-state index in [-0.39, 0.29) is 6.61 Å². The number of ether oxygens (including phenoxy) is 3. The van der Waals surface area contributed by atoms with Crippen LogP contribution in [0.3, 0.4) is 0 Å². The molecule has 0 aliphatic rings. The Morgan fingerprint density at radius 2 is 1.71 bits per heavy atom. The summed E-state index contributed by atoms with van der Waals surface area (Å²) in [6.45, 7) is 7.65. The van der Waals surface area contributed by atoms with E-state index in [0.29, 0.717) is 0 Å². The van der Waals surface area contributed by atoms with Crippen molar-refractivity contribution in [1.82, 2.24) is 0 Å². The van der Waals surface area contributed by atoms with Gasteiger partial charge in [0.25, 0.3) is 0 Å². The van der Waals surface area contributed by atoms with Crippen molar-refractivity contribution in [2.45, 2.75) is 13.0 Å². The van der Waals surface area contributed by atoms with E-state index in [2.05, 4.69) is 27.4 Å². The smallest absolute Gasteiger partial charge is 0.351 e. The van der Waals surface area contributed by atoms with Crippen molar-refractivity contribution in [2.75, 3.05) is 13.2 Å². The molecule has 6 heteroatoms. The predicted octanol–water partition coefficient (Wildman–Crippen LogP) is 0.376. The Hall–Kier alpha value is -2.11. The molecule has 0 aromatic rings. The van der Waals surface area contributed by atoms with Gasteiger partial charge in [-0.25, -0.2) is 14.4 Å². The molecule has 0 aliphatic carbocycles. The third-order valence-electron chi connectivity index (χ3n) is 1.52. The van der Waals surface area contributed by atoms with Crippen molar-refractivity contribution < 1.29 is 28.6 Å². The summed E-state index contributed by atoms with van der Waals surface area (Å²) in [5.41, 5.74) is 0. The van der Waals surface area contributed by atoms with Gasteiger partial charge in [-0.3, -0.25) is 0 Å². The SMILES string of the molecule is C=CC(=O)OCC(OC(=O)C=C)C(=O)OCC. The molecule has 94 valence electrons. The van der Waals surface area contributed by atoms with E-state index in [1.165, 1.54) is 0 Å². The lowest BCUT2D eigenvalue weighted by Crippen LogP contribution is -2.33. The molecule has 0 saturated heterocycles. The summed E-state index contributed by atoms with van der Waals surface area (Å²) in [7, 11) is 0. The molecule has 0 radical (unpaired) electrons. The molecule has 0 aliphatic heterocycles. The van der Waals surface area contributed by atoms with Crippen molar-refractivity contribution in [3.8, 4) is 0 Å². The van der Waals surface area contributed by atoms with E-state index < -0.39 is 30.6 Å². The highest BCUT2D eigenvalue weighted by Gasteiger charge is 2.24. The van der Waals surface area contributed by atoms with E-state index >= 15 is 0 Å². The summed E-state index contributed by atoms with van der Waals surface area (Å²) in [5, 5.41) is 0. The number of carbonyl (C=O) groups excluding carboxylic acids is 3. The van der Waals surface area contributed by atoms with Crippen LogP contribution in [0.4, 0.5) is 0 Å². The molecule has 0 spiro atoms. The maximum atomic E-state index is 11.3. The van der Waals surface area contributed by atoms with E-state index in [9.17, 15) is 14.4 Å². The molecule has 0 rings (SSSR count). The second-order valence-electron chi connectivity index (χ2n) is 2.72. The monoisotopic (exact) mass is 242 g/mol. The predicted molar refractivity (Wildman–Crippen MR) is 57.9 cm³/mol. The number of carbonyl (C=O) groups is 3. The van der Waals surface area contributed by atoms with E-state index in [0.717, 1.165) is 12.2 Å². The lowest BCUT2D eigenvalue weighted by atomic mass is 10.4. The third kappa shape index (κ3) is 6.14. The highest BCUT2D eigenvalue weighted by Crippen LogP contribution is 1.99. The van der Waals surface area contributed by atoms with Crippen LogP contribution in [0.2, 0.25) is 0 Å². The first-order valence-corrected chi connectivity index (χ1v) is 4.84. The van der Waals surface area contributed by atoms with Gasteiger partial charge in [0.05, 0.1) is 6.61 Å². The molecule has 0 aromatic heterocycles. The molecule has 0 N–H and O–H groups in total. The quantitative estimate of drug-likeness (QED) is 0.365. The van der Waals surface area contributed by atoms with Gasteiger partial charge in [0.2, 0.25) is 6.10 Å². The Kier molecular flexibility index (Phi) is 7.09. The normalized spacial score (nSPS) is 10.9. The van der Waals surface area contributed by atoms with Crippen molar-refractivity contribution >= 4 is 17.9 Å². The Labute approximate surface area is 98.8 Å². The summed E-state index contributed by atoms with van der Waals surface area (Å²) in [4.78, 5) is 33.1. The molecule has 6 nitrogen and oxygen atoms in total. The fourth-order valence-electron chi connectivity index (χ4n) is 0.790. The van der Waals surface area contributed by atoms with E-state index in [4.69, 9.17) is 0 Å². The lowest BCUT2D eigenvalue weighted by molar-refractivity contribution is -0.170. The molecule has 0 saturated carbocycles. The van der Waals surface area contributed by atoms with Gasteiger partial charge in [0.1, 0.15) is 6.61 Å². The topological polar surface area (TPSA) is 78.9 Å². The van der Waals surface area contributed by atoms with Gasteiger partial charge in [-0.1, -0.05) is 13.2 Å². The molecular weight excluding hydrogens is 228 g/mol. The first-order valence-electron chi connectivity index (χ1n) is 4.84. The van der Waals surface area contributed by atoms with Crippen LogP contribution in [0.1, 0.15) is 6.92 Å². The van der Waals surface area contributed by atoms with Gasteiger partial charge in [0, 0.05) is 12.2 Å². The number of rotatable bonds is 7. The molecule has 17 heavy (non-hydrogen) atoms. The third-order valence-corrected chi connectivity index (χ3v) is 1.52. The Morgan fingerprint density at radius 3 is 2.18 bits per heavy atom. The summed E-state index contributed by atoms with van der Waals surface area (Å²) in [5.74, 6) is -2.33. The van der Waals surface area contributed by atoms with Crippen molar-refractivity contribution in [3.63, 3.8) is 0 Å². The van der Waals surface area contributed by atoms with Gasteiger partial charge >= 0.3 is 17.9 Å². The average Bonchev–Trinajstić information content (AvgIpc) is 2.33. The fourth-order valence-corrected chi connectivity index (χ4v) is 0.790. The molecule has 0 bridgehead atoms. The average molecular weight is 242 g/mol. The Bertz CT molecular complexity index is 320. The maximum absolute atomic E-state index is 11.3. The van der Waals surface area contributed by atoms with Crippen LogP contribution < -0.4 is 0 Å². The molecular formula is C11H14O6. The van der Waals surface area contributed by atoms with Crippen LogP contribution >= 0.6 is 0 Å². The minimum Gasteiger partial charge on any atom is -0.463 e. The minimum absolute atomic E-state index is 0.121. The van der Waals surface area contributed by atoms with Crippen LogP contribution in [0.25, 0.3) is 0 Å². The van der Waals surface area contributed by atoms with Gasteiger partial charge in [0.15, 0.2) is 0 Å². The van der Waals surface area contributed by atoms with E-state index in [1.807, 2.05) is 0 Å². The summed E-state index contributed by atoms with van der Waals surface area (Å²) in [6.07, 6.45) is 0.517. The highest BCUT2D eigenvalue weighted by atomic mass is 16.6. The minimum atomic E-state index is -1.30. The first kappa shape index (κ1) is 14.9. The van der Waals surface area contributed by atoms with Crippen LogP contribution in [-0.4, -0.2) is 37.2 Å². The summed E-state index contributed by atoms with van der Waals surface area (Å²) in [6, 6.07) is 0. The fraction of sp³-hybridized carbons (Fsp3) is 0.364. The first-order chi connectivity index (χ1) is 8.04. The number of esters is 3. The Balaban J connectivity index is 4.43. The van der Waals surface area contributed by atoms with Gasteiger partial charge in [-0.05, 0) is 6.92 Å². The van der Waals surface area contributed by atoms with Gasteiger partial charge in [-0.15, -0.1) is 0 Å². The largest absolute Gasteiger partial charge is 0.463 e. The molecule has 1 unspecified atom stereocenters.